The summed E-state index contributed by atoms with van der Waals surface area (Å²) in [4.78, 5) is 0. The minimum atomic E-state index is -2.49. The van der Waals surface area contributed by atoms with Crippen LogP contribution in [-0.2, 0) is 0 Å². The summed E-state index contributed by atoms with van der Waals surface area (Å²) in [5, 5.41) is 12.9. The first-order valence-corrected chi connectivity index (χ1v) is 5.64. The van der Waals surface area contributed by atoms with Crippen LogP contribution in [0.3, 0.4) is 0 Å². The second kappa shape index (κ2) is 4.91. The number of halogens is 2. The number of nitrogens with zero attached hydrogens (tertiary/aromatic N) is 2. The van der Waals surface area contributed by atoms with Crippen molar-refractivity contribution < 1.29 is 13.9 Å². The van der Waals surface area contributed by atoms with Crippen LogP contribution in [0.1, 0.15) is 43.8 Å². The molecule has 1 N–H and O–H groups in total. The van der Waals surface area contributed by atoms with Gasteiger partial charge >= 0.3 is 0 Å². The Morgan fingerprint density at radius 2 is 2.06 bits per heavy atom. The Kier molecular flexibility index (Phi) is 3.53. The maximum Gasteiger partial charge on any atom is 0.282 e. The number of hydrogen-bond donors (Lipinski definition) is 1. The molecule has 0 unspecified atom stereocenters. The van der Waals surface area contributed by atoms with E-state index in [4.69, 9.17) is 5.11 Å². The first-order chi connectivity index (χ1) is 7.70. The third-order valence-electron chi connectivity index (χ3n) is 3.30. The van der Waals surface area contributed by atoms with E-state index in [1.807, 2.05) is 0 Å². The molecule has 0 bridgehead atoms. The van der Waals surface area contributed by atoms with Gasteiger partial charge in [-0.3, -0.25) is 4.68 Å². The number of aliphatic hydroxyl groups excluding tert-OH is 1. The van der Waals surface area contributed by atoms with Crippen LogP contribution < -0.4 is 0 Å². The minimum Gasteiger partial charge on any atom is -0.396 e. The van der Waals surface area contributed by atoms with E-state index >= 15 is 0 Å². The topological polar surface area (TPSA) is 38.0 Å². The molecule has 0 radical (unpaired) electrons. The molecule has 1 aliphatic rings. The average Bonchev–Trinajstić information content (AvgIpc) is 2.78. The molecule has 16 heavy (non-hydrogen) atoms. The SMILES string of the molecule is OCC1CCC(n2ccc(C(F)F)n2)CC1. The van der Waals surface area contributed by atoms with E-state index < -0.39 is 6.43 Å². The Morgan fingerprint density at radius 3 is 2.56 bits per heavy atom. The summed E-state index contributed by atoms with van der Waals surface area (Å²) in [5.74, 6) is 0.376. The highest BCUT2D eigenvalue weighted by Crippen LogP contribution is 2.32. The van der Waals surface area contributed by atoms with Crippen molar-refractivity contribution in [1.82, 2.24) is 9.78 Å². The molecule has 0 aromatic carbocycles. The molecule has 0 spiro atoms. The summed E-state index contributed by atoms with van der Waals surface area (Å²) < 4.78 is 26.4. The van der Waals surface area contributed by atoms with Gasteiger partial charge in [-0.1, -0.05) is 0 Å². The third-order valence-corrected chi connectivity index (χ3v) is 3.30. The van der Waals surface area contributed by atoms with Crippen LogP contribution in [0.2, 0.25) is 0 Å². The molecule has 0 aliphatic heterocycles. The van der Waals surface area contributed by atoms with Crippen LogP contribution in [-0.4, -0.2) is 21.5 Å². The van der Waals surface area contributed by atoms with Crippen molar-refractivity contribution in [3.8, 4) is 0 Å². The largest absolute Gasteiger partial charge is 0.396 e. The van der Waals surface area contributed by atoms with E-state index in [2.05, 4.69) is 5.10 Å². The van der Waals surface area contributed by atoms with Gasteiger partial charge in [0.25, 0.3) is 6.43 Å². The quantitative estimate of drug-likeness (QED) is 0.866. The number of rotatable bonds is 3. The summed E-state index contributed by atoms with van der Waals surface area (Å²) >= 11 is 0. The second-order valence-corrected chi connectivity index (χ2v) is 4.38. The maximum absolute atomic E-state index is 12.4. The van der Waals surface area contributed by atoms with Gasteiger partial charge in [0.15, 0.2) is 0 Å². The van der Waals surface area contributed by atoms with E-state index in [0.29, 0.717) is 5.92 Å². The number of hydrogen-bond acceptors (Lipinski definition) is 2. The lowest BCUT2D eigenvalue weighted by Crippen LogP contribution is -2.20. The Hall–Kier alpha value is -0.970. The zero-order chi connectivity index (χ0) is 11.5. The molecule has 5 heteroatoms. The van der Waals surface area contributed by atoms with Crippen LogP contribution >= 0.6 is 0 Å². The van der Waals surface area contributed by atoms with Gasteiger partial charge in [0.2, 0.25) is 0 Å². The van der Waals surface area contributed by atoms with Crippen LogP contribution in [0.15, 0.2) is 12.3 Å². The van der Waals surface area contributed by atoms with Gasteiger partial charge in [0.05, 0.1) is 6.04 Å². The van der Waals surface area contributed by atoms with Crippen LogP contribution in [0.5, 0.6) is 0 Å². The molecular weight excluding hydrogens is 214 g/mol. The first-order valence-electron chi connectivity index (χ1n) is 5.64. The van der Waals surface area contributed by atoms with Gasteiger partial charge in [0.1, 0.15) is 5.69 Å². The Bertz CT molecular complexity index is 332. The van der Waals surface area contributed by atoms with Crippen molar-refractivity contribution >= 4 is 0 Å². The monoisotopic (exact) mass is 230 g/mol. The lowest BCUT2D eigenvalue weighted by molar-refractivity contribution is 0.141. The fraction of sp³-hybridized carbons (Fsp3) is 0.727. The minimum absolute atomic E-state index is 0.149. The zero-order valence-corrected chi connectivity index (χ0v) is 9.02. The van der Waals surface area contributed by atoms with E-state index in [-0.39, 0.29) is 18.3 Å². The molecule has 1 aliphatic carbocycles. The molecule has 1 fully saturated rings. The summed E-state index contributed by atoms with van der Waals surface area (Å²) in [6.45, 7) is 0.230. The molecule has 0 atom stereocenters. The van der Waals surface area contributed by atoms with Crippen molar-refractivity contribution in [1.29, 1.82) is 0 Å². The van der Waals surface area contributed by atoms with Gasteiger partial charge in [-0.25, -0.2) is 8.78 Å². The summed E-state index contributed by atoms with van der Waals surface area (Å²) in [6.07, 6.45) is 2.86. The molecule has 1 heterocycles. The number of alkyl halides is 2. The number of aromatic nitrogens is 2. The Balaban J connectivity index is 1.97. The average molecular weight is 230 g/mol. The molecule has 1 aromatic heterocycles. The standard InChI is InChI=1S/C11H16F2N2O/c12-11(13)10-5-6-15(14-10)9-3-1-8(7-16)2-4-9/h5-6,8-9,11,16H,1-4,7H2. The summed E-state index contributed by atoms with van der Waals surface area (Å²) in [6, 6.07) is 1.60. The Morgan fingerprint density at radius 1 is 1.38 bits per heavy atom. The van der Waals surface area contributed by atoms with Gasteiger partial charge in [-0.15, -0.1) is 0 Å². The second-order valence-electron chi connectivity index (χ2n) is 4.38. The number of aliphatic hydroxyl groups is 1. The van der Waals surface area contributed by atoms with Gasteiger partial charge in [0, 0.05) is 12.8 Å². The predicted octanol–water partition coefficient (Wildman–Crippen LogP) is 2.54. The van der Waals surface area contributed by atoms with Crippen LogP contribution in [0, 0.1) is 5.92 Å². The third kappa shape index (κ3) is 2.40. The molecule has 1 saturated carbocycles. The van der Waals surface area contributed by atoms with Crippen molar-refractivity contribution in [2.45, 2.75) is 38.2 Å². The smallest absolute Gasteiger partial charge is 0.282 e. The molecule has 3 nitrogen and oxygen atoms in total. The van der Waals surface area contributed by atoms with Crippen LogP contribution in [0.25, 0.3) is 0 Å². The van der Waals surface area contributed by atoms with Gasteiger partial charge < -0.3 is 5.11 Å². The predicted molar refractivity (Wildman–Crippen MR) is 55.3 cm³/mol. The summed E-state index contributed by atoms with van der Waals surface area (Å²) in [5.41, 5.74) is -0.149. The highest BCUT2D eigenvalue weighted by atomic mass is 19.3. The van der Waals surface area contributed by atoms with E-state index in [0.717, 1.165) is 25.7 Å². The fourth-order valence-electron chi connectivity index (χ4n) is 2.26. The van der Waals surface area contributed by atoms with Crippen LogP contribution in [0.4, 0.5) is 8.78 Å². The normalized spacial score (nSPS) is 26.2. The van der Waals surface area contributed by atoms with E-state index in [1.165, 1.54) is 6.07 Å². The molecule has 0 amide bonds. The molecular formula is C11H16F2N2O. The molecule has 0 saturated heterocycles. The van der Waals surface area contributed by atoms with E-state index in [1.54, 1.807) is 10.9 Å². The van der Waals surface area contributed by atoms with E-state index in [9.17, 15) is 8.78 Å². The lowest BCUT2D eigenvalue weighted by atomic mass is 9.87. The first kappa shape index (κ1) is 11.5. The highest BCUT2D eigenvalue weighted by molar-refractivity contribution is 5.01. The molecule has 90 valence electrons. The Labute approximate surface area is 93.1 Å². The van der Waals surface area contributed by atoms with Gasteiger partial charge in [-0.05, 0) is 37.7 Å². The fourth-order valence-corrected chi connectivity index (χ4v) is 2.26. The van der Waals surface area contributed by atoms with Gasteiger partial charge in [-0.2, -0.15) is 5.10 Å². The van der Waals surface area contributed by atoms with Crippen molar-refractivity contribution in [2.24, 2.45) is 5.92 Å². The maximum atomic E-state index is 12.4. The lowest BCUT2D eigenvalue weighted by Gasteiger charge is -2.27. The highest BCUT2D eigenvalue weighted by Gasteiger charge is 2.23. The molecule has 2 rings (SSSR count). The van der Waals surface area contributed by atoms with Crippen molar-refractivity contribution in [3.63, 3.8) is 0 Å². The van der Waals surface area contributed by atoms with Crippen molar-refractivity contribution in [3.05, 3.63) is 18.0 Å². The summed E-state index contributed by atoms with van der Waals surface area (Å²) in [7, 11) is 0. The molecule has 1 aromatic rings. The zero-order valence-electron chi connectivity index (χ0n) is 9.02. The van der Waals surface area contributed by atoms with Crippen molar-refractivity contribution in [2.75, 3.05) is 6.61 Å².